The Bertz CT molecular complexity index is 954. The average molecular weight is 446 g/mol. The number of carbonyl (C=O) groups is 1. The van der Waals surface area contributed by atoms with Crippen molar-refractivity contribution in [3.8, 4) is 0 Å². The largest absolute Gasteiger partial charge is 0.353 e. The van der Waals surface area contributed by atoms with Crippen molar-refractivity contribution in [2.24, 2.45) is 0 Å². The summed E-state index contributed by atoms with van der Waals surface area (Å²) in [6, 6.07) is 9.55. The molecule has 0 spiro atoms. The van der Waals surface area contributed by atoms with Gasteiger partial charge in [0, 0.05) is 36.3 Å². The quantitative estimate of drug-likeness (QED) is 0.664. The molecule has 1 N–H and O–H groups in total. The van der Waals surface area contributed by atoms with Crippen LogP contribution in [-0.4, -0.2) is 53.0 Å². The van der Waals surface area contributed by atoms with E-state index in [1.807, 2.05) is 36.6 Å². The maximum atomic E-state index is 12.6. The number of halogens is 1. The molecule has 0 bridgehead atoms. The van der Waals surface area contributed by atoms with E-state index in [0.29, 0.717) is 0 Å². The number of benzene rings is 1. The summed E-state index contributed by atoms with van der Waals surface area (Å²) in [6.45, 7) is 5.29. The molecule has 140 valence electrons. The van der Waals surface area contributed by atoms with Crippen molar-refractivity contribution in [3.63, 3.8) is 0 Å². The SMILES string of the molecule is CC(C(=O)Nc1cccc(Br)c1)N1CCN(c2ncnc3sccc23)CC1. The second-order valence-electron chi connectivity index (χ2n) is 6.54. The number of nitrogens with one attached hydrogen (secondary N) is 1. The molecule has 0 saturated carbocycles. The number of anilines is 2. The molecule has 27 heavy (non-hydrogen) atoms. The average Bonchev–Trinajstić information content (AvgIpc) is 3.16. The first-order chi connectivity index (χ1) is 13.1. The molecular formula is C19H20BrN5OS. The van der Waals surface area contributed by atoms with Crippen LogP contribution in [0.5, 0.6) is 0 Å². The van der Waals surface area contributed by atoms with Crippen molar-refractivity contribution in [1.82, 2.24) is 14.9 Å². The molecule has 8 heteroatoms. The number of aromatic nitrogens is 2. The molecule has 1 amide bonds. The predicted molar refractivity (Wildman–Crippen MR) is 113 cm³/mol. The van der Waals surface area contributed by atoms with Gasteiger partial charge >= 0.3 is 0 Å². The first-order valence-electron chi connectivity index (χ1n) is 8.85. The molecule has 2 aromatic heterocycles. The van der Waals surface area contributed by atoms with Gasteiger partial charge in [-0.05, 0) is 36.6 Å². The number of hydrogen-bond acceptors (Lipinski definition) is 6. The fourth-order valence-corrected chi connectivity index (χ4v) is 4.46. The van der Waals surface area contributed by atoms with Gasteiger partial charge in [0.1, 0.15) is 17.0 Å². The summed E-state index contributed by atoms with van der Waals surface area (Å²) in [5.41, 5.74) is 0.806. The Morgan fingerprint density at radius 3 is 2.81 bits per heavy atom. The third-order valence-corrected chi connectivity index (χ3v) is 6.19. The van der Waals surface area contributed by atoms with Gasteiger partial charge in [0.2, 0.25) is 5.91 Å². The van der Waals surface area contributed by atoms with Crippen molar-refractivity contribution in [2.45, 2.75) is 13.0 Å². The zero-order chi connectivity index (χ0) is 18.8. The van der Waals surface area contributed by atoms with Crippen molar-refractivity contribution < 1.29 is 4.79 Å². The second-order valence-corrected chi connectivity index (χ2v) is 8.35. The highest BCUT2D eigenvalue weighted by atomic mass is 79.9. The van der Waals surface area contributed by atoms with E-state index >= 15 is 0 Å². The second kappa shape index (κ2) is 7.92. The Labute approximate surface area is 170 Å². The molecule has 0 aliphatic carbocycles. The van der Waals surface area contributed by atoms with Crippen molar-refractivity contribution in [1.29, 1.82) is 0 Å². The lowest BCUT2D eigenvalue weighted by atomic mass is 10.2. The minimum Gasteiger partial charge on any atom is -0.353 e. The Hall–Kier alpha value is -2.03. The molecule has 3 heterocycles. The number of piperazine rings is 1. The molecule has 4 rings (SSSR count). The van der Waals surface area contributed by atoms with Crippen molar-refractivity contribution in [2.75, 3.05) is 36.4 Å². The van der Waals surface area contributed by atoms with E-state index in [1.165, 1.54) is 0 Å². The number of hydrogen-bond donors (Lipinski definition) is 1. The number of rotatable bonds is 4. The van der Waals surface area contributed by atoms with Crippen molar-refractivity contribution in [3.05, 3.63) is 46.5 Å². The third kappa shape index (κ3) is 3.97. The summed E-state index contributed by atoms with van der Waals surface area (Å²) in [7, 11) is 0. The molecule has 1 aromatic carbocycles. The van der Waals surface area contributed by atoms with Gasteiger partial charge in [-0.3, -0.25) is 9.69 Å². The molecule has 0 radical (unpaired) electrons. The number of fused-ring (bicyclic) bond motifs is 1. The van der Waals surface area contributed by atoms with E-state index in [9.17, 15) is 4.79 Å². The molecular weight excluding hydrogens is 426 g/mol. The predicted octanol–water partition coefficient (Wildman–Crippen LogP) is 3.60. The van der Waals surface area contributed by atoms with Crippen LogP contribution >= 0.6 is 27.3 Å². The van der Waals surface area contributed by atoms with Gasteiger partial charge in [0.25, 0.3) is 0 Å². The van der Waals surface area contributed by atoms with Crippen LogP contribution in [0.25, 0.3) is 10.2 Å². The van der Waals surface area contributed by atoms with Crippen LogP contribution in [0, 0.1) is 0 Å². The molecule has 1 atom stereocenters. The highest BCUT2D eigenvalue weighted by Gasteiger charge is 2.27. The van der Waals surface area contributed by atoms with Gasteiger partial charge in [0.05, 0.1) is 11.4 Å². The number of amides is 1. The van der Waals surface area contributed by atoms with E-state index in [4.69, 9.17) is 0 Å². The van der Waals surface area contributed by atoms with Crippen LogP contribution in [0.4, 0.5) is 11.5 Å². The fraction of sp³-hybridized carbons (Fsp3) is 0.316. The standard InChI is InChI=1S/C19H20BrN5OS/c1-13(18(26)23-15-4-2-3-14(20)11-15)24-6-8-25(9-7-24)17-16-5-10-27-19(16)22-12-21-17/h2-5,10-13H,6-9H2,1H3,(H,23,26). The van der Waals surface area contributed by atoms with Gasteiger partial charge in [-0.15, -0.1) is 11.3 Å². The lowest BCUT2D eigenvalue weighted by Crippen LogP contribution is -2.53. The van der Waals surface area contributed by atoms with Crippen LogP contribution in [-0.2, 0) is 4.79 Å². The fourth-order valence-electron chi connectivity index (χ4n) is 3.33. The van der Waals surface area contributed by atoms with Gasteiger partial charge < -0.3 is 10.2 Å². The molecule has 6 nitrogen and oxygen atoms in total. The number of thiophene rings is 1. The van der Waals surface area contributed by atoms with Gasteiger partial charge in [-0.2, -0.15) is 0 Å². The summed E-state index contributed by atoms with van der Waals surface area (Å²) in [4.78, 5) is 26.9. The third-order valence-electron chi connectivity index (χ3n) is 4.87. The maximum Gasteiger partial charge on any atom is 0.241 e. The van der Waals surface area contributed by atoms with E-state index in [-0.39, 0.29) is 11.9 Å². The monoisotopic (exact) mass is 445 g/mol. The highest BCUT2D eigenvalue weighted by molar-refractivity contribution is 9.10. The Morgan fingerprint density at radius 2 is 2.04 bits per heavy atom. The van der Waals surface area contributed by atoms with E-state index in [0.717, 1.165) is 52.4 Å². The normalized spacial score (nSPS) is 16.4. The molecule has 3 aromatic rings. The summed E-state index contributed by atoms with van der Waals surface area (Å²) in [5.74, 6) is 1.01. The van der Waals surface area contributed by atoms with Gasteiger partial charge in [-0.25, -0.2) is 9.97 Å². The smallest absolute Gasteiger partial charge is 0.241 e. The van der Waals surface area contributed by atoms with Crippen LogP contribution in [0.3, 0.4) is 0 Å². The summed E-state index contributed by atoms with van der Waals surface area (Å²) in [5, 5.41) is 6.16. The lowest BCUT2D eigenvalue weighted by molar-refractivity contribution is -0.120. The molecule has 1 unspecified atom stereocenters. The number of carbonyl (C=O) groups excluding carboxylic acids is 1. The van der Waals surface area contributed by atoms with E-state index in [1.54, 1.807) is 17.7 Å². The van der Waals surface area contributed by atoms with Crippen LogP contribution in [0.2, 0.25) is 0 Å². The zero-order valence-corrected chi connectivity index (χ0v) is 17.3. The van der Waals surface area contributed by atoms with E-state index < -0.39 is 0 Å². The van der Waals surface area contributed by atoms with Crippen LogP contribution < -0.4 is 10.2 Å². The van der Waals surface area contributed by atoms with Crippen LogP contribution in [0.1, 0.15) is 6.92 Å². The lowest BCUT2D eigenvalue weighted by Gasteiger charge is -2.38. The summed E-state index contributed by atoms with van der Waals surface area (Å²) >= 11 is 5.06. The minimum atomic E-state index is -0.183. The molecule has 1 saturated heterocycles. The van der Waals surface area contributed by atoms with Gasteiger partial charge in [-0.1, -0.05) is 22.0 Å². The highest BCUT2D eigenvalue weighted by Crippen LogP contribution is 2.27. The Morgan fingerprint density at radius 1 is 1.22 bits per heavy atom. The topological polar surface area (TPSA) is 61.4 Å². The van der Waals surface area contributed by atoms with Gasteiger partial charge in [0.15, 0.2) is 0 Å². The minimum absolute atomic E-state index is 0.0174. The first kappa shape index (κ1) is 18.3. The maximum absolute atomic E-state index is 12.6. The van der Waals surface area contributed by atoms with E-state index in [2.05, 4.69) is 47.1 Å². The Balaban J connectivity index is 1.38. The molecule has 1 aliphatic rings. The summed E-state index contributed by atoms with van der Waals surface area (Å²) in [6.07, 6.45) is 1.63. The first-order valence-corrected chi connectivity index (χ1v) is 10.5. The number of nitrogens with zero attached hydrogens (tertiary/aromatic N) is 4. The molecule has 1 fully saturated rings. The van der Waals surface area contributed by atoms with Crippen LogP contribution in [0.15, 0.2) is 46.5 Å². The Kier molecular flexibility index (Phi) is 5.38. The molecule has 1 aliphatic heterocycles. The van der Waals surface area contributed by atoms with Crippen molar-refractivity contribution >= 4 is 54.9 Å². The summed E-state index contributed by atoms with van der Waals surface area (Å²) < 4.78 is 0.950. The zero-order valence-electron chi connectivity index (χ0n) is 14.9.